The first-order chi connectivity index (χ1) is 12.4. The number of hydrogen-bond donors (Lipinski definition) is 1. The van der Waals surface area contributed by atoms with Crippen molar-refractivity contribution in [2.24, 2.45) is 5.41 Å². The molecule has 1 aliphatic carbocycles. The van der Waals surface area contributed by atoms with Gasteiger partial charge >= 0.3 is 0 Å². The van der Waals surface area contributed by atoms with Gasteiger partial charge in [-0.2, -0.15) is 0 Å². The monoisotopic (exact) mass is 348 g/mol. The van der Waals surface area contributed by atoms with E-state index in [4.69, 9.17) is 0 Å². The quantitative estimate of drug-likeness (QED) is 0.727. The summed E-state index contributed by atoms with van der Waals surface area (Å²) in [4.78, 5) is 20.5. The summed E-state index contributed by atoms with van der Waals surface area (Å²) >= 11 is 0. The standard InChI is InChI=1S/C22H21FN2O/c1-22(2)12-18-20(19(26)13-22)17(11-14-3-5-16(23)6-4-14)21(25-18)15-7-9-24-10-8-15/h3-10,25H,11-13H2,1-2H3. The number of aromatic nitrogens is 2. The van der Waals surface area contributed by atoms with E-state index in [1.807, 2.05) is 12.1 Å². The molecule has 0 spiro atoms. The van der Waals surface area contributed by atoms with Gasteiger partial charge in [-0.25, -0.2) is 4.39 Å². The molecule has 4 heteroatoms. The number of H-pyrrole nitrogens is 1. The molecule has 1 N–H and O–H groups in total. The van der Waals surface area contributed by atoms with E-state index in [9.17, 15) is 9.18 Å². The second kappa shape index (κ2) is 6.20. The Hall–Kier alpha value is -2.75. The van der Waals surface area contributed by atoms with Crippen LogP contribution in [0.15, 0.2) is 48.8 Å². The number of carbonyl (C=O) groups excluding carboxylic acids is 1. The summed E-state index contributed by atoms with van der Waals surface area (Å²) < 4.78 is 13.3. The molecule has 2 heterocycles. The van der Waals surface area contributed by atoms with E-state index in [0.717, 1.165) is 40.1 Å². The molecule has 0 amide bonds. The molecule has 3 nitrogen and oxygen atoms in total. The van der Waals surface area contributed by atoms with Gasteiger partial charge in [-0.05, 0) is 47.2 Å². The van der Waals surface area contributed by atoms with Gasteiger partial charge in [0.1, 0.15) is 5.82 Å². The molecule has 0 aliphatic heterocycles. The first-order valence-corrected chi connectivity index (χ1v) is 8.85. The smallest absolute Gasteiger partial charge is 0.165 e. The number of nitrogens with one attached hydrogen (secondary N) is 1. The molecule has 3 aromatic rings. The first-order valence-electron chi connectivity index (χ1n) is 8.85. The maximum Gasteiger partial charge on any atom is 0.165 e. The van der Waals surface area contributed by atoms with Crippen molar-refractivity contribution in [3.05, 3.63) is 77.0 Å². The number of hydrogen-bond acceptors (Lipinski definition) is 2. The normalized spacial score (nSPS) is 15.7. The van der Waals surface area contributed by atoms with Crippen LogP contribution in [-0.2, 0) is 12.8 Å². The summed E-state index contributed by atoms with van der Waals surface area (Å²) in [6.07, 6.45) is 5.49. The Morgan fingerprint density at radius 2 is 1.77 bits per heavy atom. The number of benzene rings is 1. The Morgan fingerprint density at radius 3 is 2.46 bits per heavy atom. The topological polar surface area (TPSA) is 45.8 Å². The fraction of sp³-hybridized carbons (Fsp3) is 0.273. The predicted octanol–water partition coefficient (Wildman–Crippen LogP) is 4.96. The van der Waals surface area contributed by atoms with Crippen molar-refractivity contribution in [3.8, 4) is 11.3 Å². The lowest BCUT2D eigenvalue weighted by Gasteiger charge is -2.28. The van der Waals surface area contributed by atoms with Crippen molar-refractivity contribution in [3.63, 3.8) is 0 Å². The van der Waals surface area contributed by atoms with Gasteiger partial charge in [-0.1, -0.05) is 26.0 Å². The maximum absolute atomic E-state index is 13.3. The Bertz CT molecular complexity index is 956. The molecule has 0 saturated heterocycles. The first kappa shape index (κ1) is 16.7. The molecule has 0 atom stereocenters. The van der Waals surface area contributed by atoms with Gasteiger partial charge in [0.15, 0.2) is 5.78 Å². The minimum atomic E-state index is -0.253. The molecule has 132 valence electrons. The number of fused-ring (bicyclic) bond motifs is 1. The zero-order chi connectivity index (χ0) is 18.3. The van der Waals surface area contributed by atoms with E-state index in [1.54, 1.807) is 24.5 Å². The van der Waals surface area contributed by atoms with Crippen LogP contribution in [0.1, 0.15) is 47.4 Å². The van der Waals surface area contributed by atoms with Crippen molar-refractivity contribution < 1.29 is 9.18 Å². The number of pyridine rings is 1. The second-order valence-electron chi connectivity index (χ2n) is 7.81. The van der Waals surface area contributed by atoms with E-state index >= 15 is 0 Å². The van der Waals surface area contributed by atoms with Crippen LogP contribution in [0, 0.1) is 11.2 Å². The Kier molecular flexibility index (Phi) is 3.98. The minimum Gasteiger partial charge on any atom is -0.358 e. The van der Waals surface area contributed by atoms with Crippen LogP contribution in [-0.4, -0.2) is 15.8 Å². The van der Waals surface area contributed by atoms with Crippen LogP contribution >= 0.6 is 0 Å². The largest absolute Gasteiger partial charge is 0.358 e. The predicted molar refractivity (Wildman–Crippen MR) is 99.7 cm³/mol. The molecular formula is C22H21FN2O. The zero-order valence-corrected chi connectivity index (χ0v) is 15.0. The molecule has 2 aromatic heterocycles. The van der Waals surface area contributed by atoms with Gasteiger partial charge in [0.05, 0.1) is 5.69 Å². The summed E-state index contributed by atoms with van der Waals surface area (Å²) in [5.41, 5.74) is 5.75. The van der Waals surface area contributed by atoms with Crippen LogP contribution in [0.3, 0.4) is 0 Å². The number of Topliss-reactive ketones (excluding diaryl/α,β-unsaturated/α-hetero) is 1. The highest BCUT2D eigenvalue weighted by Crippen LogP contribution is 2.40. The van der Waals surface area contributed by atoms with Crippen molar-refractivity contribution >= 4 is 5.78 Å². The van der Waals surface area contributed by atoms with E-state index in [2.05, 4.69) is 23.8 Å². The van der Waals surface area contributed by atoms with E-state index in [-0.39, 0.29) is 17.0 Å². The van der Waals surface area contributed by atoms with Crippen LogP contribution < -0.4 is 0 Å². The molecule has 0 saturated carbocycles. The number of halogens is 1. The lowest BCUT2D eigenvalue weighted by molar-refractivity contribution is 0.0911. The molecule has 0 unspecified atom stereocenters. The molecule has 0 fully saturated rings. The van der Waals surface area contributed by atoms with Gasteiger partial charge in [0.2, 0.25) is 0 Å². The van der Waals surface area contributed by atoms with Crippen LogP contribution in [0.5, 0.6) is 0 Å². The third-order valence-corrected chi connectivity index (χ3v) is 5.02. The fourth-order valence-corrected chi connectivity index (χ4v) is 3.88. The van der Waals surface area contributed by atoms with Crippen LogP contribution in [0.4, 0.5) is 4.39 Å². The van der Waals surface area contributed by atoms with E-state index in [0.29, 0.717) is 12.8 Å². The van der Waals surface area contributed by atoms with Gasteiger partial charge < -0.3 is 4.98 Å². The summed E-state index contributed by atoms with van der Waals surface area (Å²) in [7, 11) is 0. The molecular weight excluding hydrogens is 327 g/mol. The zero-order valence-electron chi connectivity index (χ0n) is 15.0. The molecule has 4 rings (SSSR count). The average molecular weight is 348 g/mol. The lowest BCUT2D eigenvalue weighted by atomic mass is 9.75. The van der Waals surface area contributed by atoms with Crippen LogP contribution in [0.25, 0.3) is 11.3 Å². The second-order valence-corrected chi connectivity index (χ2v) is 7.81. The molecule has 0 radical (unpaired) electrons. The number of ketones is 1. The van der Waals surface area contributed by atoms with Crippen molar-refractivity contribution in [2.75, 3.05) is 0 Å². The third kappa shape index (κ3) is 3.07. The molecule has 1 aromatic carbocycles. The SMILES string of the molecule is CC1(C)CC(=O)c2c([nH]c(-c3ccncc3)c2Cc2ccc(F)cc2)C1. The summed E-state index contributed by atoms with van der Waals surface area (Å²) in [5, 5.41) is 0. The third-order valence-electron chi connectivity index (χ3n) is 5.02. The highest BCUT2D eigenvalue weighted by atomic mass is 19.1. The minimum absolute atomic E-state index is 0.0441. The molecule has 26 heavy (non-hydrogen) atoms. The Balaban J connectivity index is 1.86. The maximum atomic E-state index is 13.3. The fourth-order valence-electron chi connectivity index (χ4n) is 3.88. The van der Waals surface area contributed by atoms with E-state index < -0.39 is 0 Å². The number of rotatable bonds is 3. The van der Waals surface area contributed by atoms with Gasteiger partial charge in [-0.15, -0.1) is 0 Å². The number of carbonyl (C=O) groups is 1. The van der Waals surface area contributed by atoms with Gasteiger partial charge in [0, 0.05) is 42.1 Å². The highest BCUT2D eigenvalue weighted by Gasteiger charge is 2.35. The molecule has 1 aliphatic rings. The summed E-state index contributed by atoms with van der Waals surface area (Å²) in [6.45, 7) is 4.25. The number of nitrogens with zero attached hydrogens (tertiary/aromatic N) is 1. The molecule has 0 bridgehead atoms. The van der Waals surface area contributed by atoms with Gasteiger partial charge in [-0.3, -0.25) is 9.78 Å². The van der Waals surface area contributed by atoms with Crippen LogP contribution in [0.2, 0.25) is 0 Å². The van der Waals surface area contributed by atoms with Crippen molar-refractivity contribution in [1.82, 2.24) is 9.97 Å². The van der Waals surface area contributed by atoms with Crippen molar-refractivity contribution in [2.45, 2.75) is 33.1 Å². The number of aromatic amines is 1. The van der Waals surface area contributed by atoms with E-state index in [1.165, 1.54) is 12.1 Å². The average Bonchev–Trinajstić information content (AvgIpc) is 2.95. The van der Waals surface area contributed by atoms with Gasteiger partial charge in [0.25, 0.3) is 0 Å². The lowest BCUT2D eigenvalue weighted by Crippen LogP contribution is -2.27. The summed E-state index contributed by atoms with van der Waals surface area (Å²) in [6, 6.07) is 10.4. The summed E-state index contributed by atoms with van der Waals surface area (Å²) in [5.74, 6) is -0.0676. The highest BCUT2D eigenvalue weighted by molar-refractivity contribution is 6.02. The van der Waals surface area contributed by atoms with Crippen molar-refractivity contribution in [1.29, 1.82) is 0 Å². The Morgan fingerprint density at radius 1 is 1.08 bits per heavy atom. The Labute approximate surface area is 152 Å².